The molecule has 0 bridgehead atoms. The standard InChI is InChI=1S/C23H21N3O3S2/c1-14-5-6-16(12-18(14)26-23(28)20-4-3-11-29-20)22(27)24-10-9-17-7-8-21(31-17)19-13-30-15(2)25-19/h3-8,11-13H,9-10H2,1-2H3,(H,24,27)(H,26,28). The van der Waals surface area contributed by atoms with Gasteiger partial charge in [0.25, 0.3) is 11.8 Å². The molecule has 0 unspecified atom stereocenters. The molecule has 3 aromatic heterocycles. The summed E-state index contributed by atoms with van der Waals surface area (Å²) in [4.78, 5) is 31.7. The van der Waals surface area contributed by atoms with Crippen LogP contribution in [0.25, 0.3) is 10.6 Å². The molecular formula is C23H21N3O3S2. The Morgan fingerprint density at radius 3 is 2.71 bits per heavy atom. The average molecular weight is 452 g/mol. The first kappa shape index (κ1) is 21.0. The highest BCUT2D eigenvalue weighted by molar-refractivity contribution is 7.16. The van der Waals surface area contributed by atoms with Gasteiger partial charge in [-0.25, -0.2) is 4.98 Å². The molecule has 0 saturated carbocycles. The maximum atomic E-state index is 12.6. The number of aryl methyl sites for hydroxylation is 2. The first-order valence-corrected chi connectivity index (χ1v) is 11.4. The third kappa shape index (κ3) is 5.10. The molecule has 0 saturated heterocycles. The van der Waals surface area contributed by atoms with Gasteiger partial charge in [0.05, 0.1) is 21.8 Å². The number of benzene rings is 1. The van der Waals surface area contributed by atoms with Crippen molar-refractivity contribution in [2.75, 3.05) is 11.9 Å². The van der Waals surface area contributed by atoms with Gasteiger partial charge in [-0.05, 0) is 62.2 Å². The molecule has 0 atom stereocenters. The van der Waals surface area contributed by atoms with Crippen molar-refractivity contribution in [3.8, 4) is 10.6 Å². The van der Waals surface area contributed by atoms with E-state index >= 15 is 0 Å². The first-order chi connectivity index (χ1) is 15.0. The van der Waals surface area contributed by atoms with Gasteiger partial charge in [0.2, 0.25) is 0 Å². The van der Waals surface area contributed by atoms with Crippen molar-refractivity contribution in [2.45, 2.75) is 20.3 Å². The molecule has 0 spiro atoms. The summed E-state index contributed by atoms with van der Waals surface area (Å²) in [5.74, 6) is -0.313. The minimum Gasteiger partial charge on any atom is -0.459 e. The summed E-state index contributed by atoms with van der Waals surface area (Å²) in [6, 6.07) is 12.6. The van der Waals surface area contributed by atoms with Crippen LogP contribution in [0.1, 0.15) is 36.4 Å². The summed E-state index contributed by atoms with van der Waals surface area (Å²) in [6.45, 7) is 4.39. The van der Waals surface area contributed by atoms with Crippen molar-refractivity contribution in [1.29, 1.82) is 0 Å². The molecule has 2 amide bonds. The van der Waals surface area contributed by atoms with Crippen LogP contribution in [-0.4, -0.2) is 23.3 Å². The van der Waals surface area contributed by atoms with E-state index in [0.717, 1.165) is 27.6 Å². The Labute approximate surface area is 188 Å². The molecule has 3 heterocycles. The smallest absolute Gasteiger partial charge is 0.291 e. The lowest BCUT2D eigenvalue weighted by molar-refractivity contribution is 0.0952. The van der Waals surface area contributed by atoms with Crippen LogP contribution in [0.3, 0.4) is 0 Å². The molecule has 8 heteroatoms. The second kappa shape index (κ2) is 9.28. The monoisotopic (exact) mass is 451 g/mol. The SMILES string of the molecule is Cc1nc(-c2ccc(CCNC(=O)c3ccc(C)c(NC(=O)c4ccco4)c3)s2)cs1. The number of amides is 2. The fourth-order valence-electron chi connectivity index (χ4n) is 3.02. The normalized spacial score (nSPS) is 10.8. The Balaban J connectivity index is 1.34. The molecule has 4 rings (SSSR count). The number of furan rings is 1. The second-order valence-corrected chi connectivity index (χ2v) is 9.22. The molecule has 31 heavy (non-hydrogen) atoms. The Kier molecular flexibility index (Phi) is 6.29. The summed E-state index contributed by atoms with van der Waals surface area (Å²) in [7, 11) is 0. The molecule has 2 N–H and O–H groups in total. The number of rotatable bonds is 7. The molecule has 4 aromatic rings. The Morgan fingerprint density at radius 2 is 1.97 bits per heavy atom. The lowest BCUT2D eigenvalue weighted by Gasteiger charge is -2.10. The van der Waals surface area contributed by atoms with Crippen LogP contribution in [0.15, 0.2) is 58.5 Å². The van der Waals surface area contributed by atoms with E-state index in [4.69, 9.17) is 4.42 Å². The Hall–Kier alpha value is -3.23. The van der Waals surface area contributed by atoms with Gasteiger partial charge in [0.15, 0.2) is 5.76 Å². The molecule has 0 fully saturated rings. The van der Waals surface area contributed by atoms with Crippen LogP contribution in [0.5, 0.6) is 0 Å². The van der Waals surface area contributed by atoms with Gasteiger partial charge in [-0.1, -0.05) is 6.07 Å². The number of hydrogen-bond donors (Lipinski definition) is 2. The molecule has 0 aliphatic rings. The van der Waals surface area contributed by atoms with E-state index in [0.29, 0.717) is 17.8 Å². The van der Waals surface area contributed by atoms with Gasteiger partial charge < -0.3 is 15.1 Å². The topological polar surface area (TPSA) is 84.2 Å². The maximum Gasteiger partial charge on any atom is 0.291 e. The van der Waals surface area contributed by atoms with Crippen molar-refractivity contribution in [3.05, 3.63) is 80.9 Å². The zero-order valence-electron chi connectivity index (χ0n) is 17.1. The highest BCUT2D eigenvalue weighted by Crippen LogP contribution is 2.29. The van der Waals surface area contributed by atoms with Gasteiger partial charge in [-0.15, -0.1) is 22.7 Å². The highest BCUT2D eigenvalue weighted by atomic mass is 32.1. The molecule has 6 nitrogen and oxygen atoms in total. The van der Waals surface area contributed by atoms with Gasteiger partial charge in [0, 0.05) is 28.1 Å². The summed E-state index contributed by atoms with van der Waals surface area (Å²) >= 11 is 3.33. The van der Waals surface area contributed by atoms with Crippen LogP contribution in [0.2, 0.25) is 0 Å². The number of thiazole rings is 1. The predicted octanol–water partition coefficient (Wildman–Crippen LogP) is 5.31. The van der Waals surface area contributed by atoms with Crippen molar-refractivity contribution in [3.63, 3.8) is 0 Å². The second-order valence-electron chi connectivity index (χ2n) is 6.98. The molecule has 0 aliphatic carbocycles. The van der Waals surface area contributed by atoms with Crippen LogP contribution >= 0.6 is 22.7 Å². The number of carbonyl (C=O) groups is 2. The number of carbonyl (C=O) groups excluding carboxylic acids is 2. The number of hydrogen-bond acceptors (Lipinski definition) is 6. The van der Waals surface area contributed by atoms with Crippen molar-refractivity contribution < 1.29 is 14.0 Å². The van der Waals surface area contributed by atoms with Crippen LogP contribution in [0.4, 0.5) is 5.69 Å². The number of anilines is 1. The lowest BCUT2D eigenvalue weighted by Crippen LogP contribution is -2.25. The van der Waals surface area contributed by atoms with Gasteiger partial charge in [-0.3, -0.25) is 9.59 Å². The van der Waals surface area contributed by atoms with E-state index in [-0.39, 0.29) is 17.6 Å². The van der Waals surface area contributed by atoms with E-state index in [2.05, 4.69) is 33.1 Å². The number of nitrogens with one attached hydrogen (secondary N) is 2. The molecular weight excluding hydrogens is 430 g/mol. The van der Waals surface area contributed by atoms with E-state index in [1.165, 1.54) is 11.1 Å². The minimum atomic E-state index is -0.352. The van der Waals surface area contributed by atoms with Crippen LogP contribution in [0, 0.1) is 13.8 Å². The van der Waals surface area contributed by atoms with E-state index in [1.807, 2.05) is 19.9 Å². The Morgan fingerprint density at radius 1 is 1.10 bits per heavy atom. The fourth-order valence-corrected chi connectivity index (χ4v) is 4.67. The van der Waals surface area contributed by atoms with Crippen molar-refractivity contribution >= 4 is 40.2 Å². The minimum absolute atomic E-state index is 0.180. The summed E-state index contributed by atoms with van der Waals surface area (Å²) in [6.07, 6.45) is 2.19. The fraction of sp³-hybridized carbons (Fsp3) is 0.174. The maximum absolute atomic E-state index is 12.6. The Bertz CT molecular complexity index is 1210. The molecule has 0 radical (unpaired) electrons. The van der Waals surface area contributed by atoms with Crippen LogP contribution in [-0.2, 0) is 6.42 Å². The number of thiophene rings is 1. The average Bonchev–Trinajstić information content (AvgIpc) is 3.51. The van der Waals surface area contributed by atoms with Gasteiger partial charge in [0.1, 0.15) is 0 Å². The van der Waals surface area contributed by atoms with Gasteiger partial charge >= 0.3 is 0 Å². The van der Waals surface area contributed by atoms with Gasteiger partial charge in [-0.2, -0.15) is 0 Å². The summed E-state index contributed by atoms with van der Waals surface area (Å²) < 4.78 is 5.12. The highest BCUT2D eigenvalue weighted by Gasteiger charge is 2.13. The zero-order valence-corrected chi connectivity index (χ0v) is 18.7. The summed E-state index contributed by atoms with van der Waals surface area (Å²) in [5, 5.41) is 8.86. The van der Waals surface area contributed by atoms with E-state index in [1.54, 1.807) is 46.9 Å². The number of nitrogens with zero attached hydrogens (tertiary/aromatic N) is 1. The van der Waals surface area contributed by atoms with Crippen molar-refractivity contribution in [2.24, 2.45) is 0 Å². The first-order valence-electron chi connectivity index (χ1n) is 9.74. The third-order valence-electron chi connectivity index (χ3n) is 4.68. The quantitative estimate of drug-likeness (QED) is 0.399. The van der Waals surface area contributed by atoms with Crippen LogP contribution < -0.4 is 10.6 Å². The predicted molar refractivity (Wildman–Crippen MR) is 124 cm³/mol. The lowest BCUT2D eigenvalue weighted by atomic mass is 10.1. The van der Waals surface area contributed by atoms with E-state index < -0.39 is 0 Å². The van der Waals surface area contributed by atoms with E-state index in [9.17, 15) is 9.59 Å². The largest absolute Gasteiger partial charge is 0.459 e. The van der Waals surface area contributed by atoms with Crippen molar-refractivity contribution in [1.82, 2.24) is 10.3 Å². The summed E-state index contributed by atoms with van der Waals surface area (Å²) in [5.41, 5.74) is 2.94. The molecule has 158 valence electrons. The zero-order chi connectivity index (χ0) is 21.8. The third-order valence-corrected chi connectivity index (χ3v) is 6.62. The number of aromatic nitrogens is 1. The molecule has 0 aliphatic heterocycles. The molecule has 1 aromatic carbocycles.